The van der Waals surface area contributed by atoms with E-state index in [1.165, 1.54) is 11.3 Å². The number of halogens is 3. The third kappa shape index (κ3) is 4.21. The lowest BCUT2D eigenvalue weighted by molar-refractivity contribution is -0.934. The summed E-state index contributed by atoms with van der Waals surface area (Å²) < 4.78 is 3.72. The van der Waals surface area contributed by atoms with E-state index in [0.717, 1.165) is 4.90 Å². The summed E-state index contributed by atoms with van der Waals surface area (Å²) in [5.41, 5.74) is 0. The van der Waals surface area contributed by atoms with Crippen LogP contribution in [0.15, 0.2) is 17.5 Å². The minimum atomic E-state index is -1.56. The number of ether oxygens (including phenoxy) is 1. The third-order valence-electron chi connectivity index (χ3n) is 2.89. The Hall–Kier alpha value is -0.0400. The van der Waals surface area contributed by atoms with Crippen LogP contribution < -0.4 is 10.2 Å². The van der Waals surface area contributed by atoms with Gasteiger partial charge in [-0.2, -0.15) is 0 Å². The number of carbonyl (C=O) groups excluding carboxylic acids is 1. The summed E-state index contributed by atoms with van der Waals surface area (Å²) in [4.78, 5) is 13.7. The van der Waals surface area contributed by atoms with Crippen LogP contribution >= 0.6 is 46.1 Å². The number of alkyl halides is 3. The average Bonchev–Trinajstić information content (AvgIpc) is 2.89. The standard InChI is InChI=1S/C11H13Cl3N2O2S/c12-11(13,14)10(16-3-5-18-6-4-16)15-9(17)8-2-1-7-19-8/h1-2,7,10H,3-6H2,(H,15,17)/p+1/t10-/m1/s1. The van der Waals surface area contributed by atoms with Gasteiger partial charge in [0, 0.05) is 0 Å². The zero-order chi connectivity index (χ0) is 13.9. The molecule has 1 aromatic heterocycles. The Bertz CT molecular complexity index is 416. The van der Waals surface area contributed by atoms with Crippen molar-refractivity contribution >= 4 is 52.0 Å². The van der Waals surface area contributed by atoms with Crippen molar-refractivity contribution in [3.8, 4) is 0 Å². The molecule has 0 saturated carbocycles. The molecule has 106 valence electrons. The van der Waals surface area contributed by atoms with Crippen molar-refractivity contribution in [2.24, 2.45) is 0 Å². The number of quaternary nitrogens is 1. The highest BCUT2D eigenvalue weighted by atomic mass is 35.6. The smallest absolute Gasteiger partial charge is 0.265 e. The minimum absolute atomic E-state index is 0.217. The molecular weight excluding hydrogens is 331 g/mol. The molecule has 1 amide bonds. The summed E-state index contributed by atoms with van der Waals surface area (Å²) in [7, 11) is 0. The monoisotopic (exact) mass is 343 g/mol. The zero-order valence-corrected chi connectivity index (χ0v) is 13.1. The summed E-state index contributed by atoms with van der Waals surface area (Å²) in [5, 5.41) is 4.65. The van der Waals surface area contributed by atoms with Gasteiger partial charge in [0.05, 0.1) is 18.1 Å². The van der Waals surface area contributed by atoms with E-state index >= 15 is 0 Å². The highest BCUT2D eigenvalue weighted by molar-refractivity contribution is 7.12. The molecule has 1 aliphatic heterocycles. The van der Waals surface area contributed by atoms with Gasteiger partial charge in [-0.25, -0.2) is 0 Å². The number of hydrogen-bond acceptors (Lipinski definition) is 3. The van der Waals surface area contributed by atoms with Crippen molar-refractivity contribution in [2.75, 3.05) is 26.3 Å². The van der Waals surface area contributed by atoms with E-state index in [1.54, 1.807) is 6.07 Å². The van der Waals surface area contributed by atoms with Crippen LogP contribution in [0.1, 0.15) is 9.67 Å². The molecule has 1 aliphatic rings. The number of morpholine rings is 1. The van der Waals surface area contributed by atoms with E-state index < -0.39 is 9.96 Å². The normalized spacial score (nSPS) is 19.1. The van der Waals surface area contributed by atoms with E-state index in [-0.39, 0.29) is 5.91 Å². The molecule has 2 N–H and O–H groups in total. The molecule has 2 heterocycles. The van der Waals surface area contributed by atoms with Gasteiger partial charge in [-0.1, -0.05) is 40.9 Å². The molecule has 0 bridgehead atoms. The van der Waals surface area contributed by atoms with Crippen molar-refractivity contribution in [3.05, 3.63) is 22.4 Å². The number of thiophene rings is 1. The Kier molecular flexibility index (Phi) is 5.34. The molecule has 1 aromatic rings. The first-order chi connectivity index (χ1) is 8.98. The van der Waals surface area contributed by atoms with E-state index in [9.17, 15) is 4.79 Å². The predicted molar refractivity (Wildman–Crippen MR) is 77.4 cm³/mol. The number of nitrogens with one attached hydrogen (secondary N) is 2. The average molecular weight is 345 g/mol. The summed E-state index contributed by atoms with van der Waals surface area (Å²) in [6.45, 7) is 2.59. The fourth-order valence-corrected chi connectivity index (χ4v) is 3.20. The Morgan fingerprint density at radius 1 is 1.42 bits per heavy atom. The first-order valence-corrected chi connectivity index (χ1v) is 7.83. The van der Waals surface area contributed by atoms with Gasteiger partial charge in [0.25, 0.3) is 9.70 Å². The van der Waals surface area contributed by atoms with E-state index in [4.69, 9.17) is 39.5 Å². The van der Waals surface area contributed by atoms with Crippen LogP contribution in [0.2, 0.25) is 0 Å². The van der Waals surface area contributed by atoms with Gasteiger partial charge in [0.1, 0.15) is 13.1 Å². The molecule has 0 radical (unpaired) electrons. The molecule has 1 fully saturated rings. The summed E-state index contributed by atoms with van der Waals surface area (Å²) >= 11 is 19.3. The number of rotatable bonds is 3. The Labute approximate surface area is 130 Å². The molecular formula is C11H14Cl3N2O2S+. The second-order valence-corrected chi connectivity index (χ2v) is 7.51. The maximum Gasteiger partial charge on any atom is 0.265 e. The highest BCUT2D eigenvalue weighted by Gasteiger charge is 2.42. The number of hydrogen-bond donors (Lipinski definition) is 2. The quantitative estimate of drug-likeness (QED) is 0.806. The molecule has 0 aromatic carbocycles. The van der Waals surface area contributed by atoms with Crippen LogP contribution in [0.5, 0.6) is 0 Å². The van der Waals surface area contributed by atoms with E-state index in [0.29, 0.717) is 31.2 Å². The summed E-state index contributed by atoms with van der Waals surface area (Å²) in [6, 6.07) is 3.55. The van der Waals surface area contributed by atoms with Gasteiger partial charge in [0.2, 0.25) is 6.17 Å². The van der Waals surface area contributed by atoms with Crippen LogP contribution in [0.25, 0.3) is 0 Å². The minimum Gasteiger partial charge on any atom is -0.370 e. The second-order valence-electron chi connectivity index (χ2n) is 4.20. The van der Waals surface area contributed by atoms with Crippen LogP contribution in [-0.2, 0) is 4.74 Å². The molecule has 2 rings (SSSR count). The molecule has 0 aliphatic carbocycles. The maximum atomic E-state index is 12.1. The van der Waals surface area contributed by atoms with Gasteiger partial charge >= 0.3 is 0 Å². The van der Waals surface area contributed by atoms with Gasteiger partial charge in [-0.3, -0.25) is 10.1 Å². The third-order valence-corrected chi connectivity index (χ3v) is 4.41. The largest absolute Gasteiger partial charge is 0.370 e. The van der Waals surface area contributed by atoms with Gasteiger partial charge in [-0.05, 0) is 11.4 Å². The van der Waals surface area contributed by atoms with E-state index in [2.05, 4.69) is 5.32 Å². The van der Waals surface area contributed by atoms with Crippen LogP contribution in [0, 0.1) is 0 Å². The summed E-state index contributed by atoms with van der Waals surface area (Å²) in [6.07, 6.45) is -0.587. The lowest BCUT2D eigenvalue weighted by atomic mass is 10.3. The number of amides is 1. The predicted octanol–water partition coefficient (Wildman–Crippen LogP) is 1.09. The van der Waals surface area contributed by atoms with Crippen molar-refractivity contribution in [2.45, 2.75) is 9.96 Å². The van der Waals surface area contributed by atoms with Crippen molar-refractivity contribution in [1.29, 1.82) is 0 Å². The molecule has 4 nitrogen and oxygen atoms in total. The fourth-order valence-electron chi connectivity index (χ4n) is 1.95. The van der Waals surface area contributed by atoms with Gasteiger partial charge in [0.15, 0.2) is 0 Å². The first-order valence-electron chi connectivity index (χ1n) is 5.82. The Morgan fingerprint density at radius 2 is 2.11 bits per heavy atom. The molecule has 0 unspecified atom stereocenters. The fraction of sp³-hybridized carbons (Fsp3) is 0.545. The van der Waals surface area contributed by atoms with Gasteiger partial charge < -0.3 is 9.64 Å². The molecule has 8 heteroatoms. The molecule has 1 atom stereocenters. The number of carbonyl (C=O) groups is 1. The van der Waals surface area contributed by atoms with Crippen molar-refractivity contribution < 1.29 is 14.4 Å². The SMILES string of the molecule is O=C(N[C@H]([NH+]1CCOCC1)C(Cl)(Cl)Cl)c1cccs1. The second kappa shape index (κ2) is 6.61. The first kappa shape index (κ1) is 15.4. The topological polar surface area (TPSA) is 42.8 Å². The van der Waals surface area contributed by atoms with Crippen LogP contribution in [0.4, 0.5) is 0 Å². The van der Waals surface area contributed by atoms with Crippen molar-refractivity contribution in [3.63, 3.8) is 0 Å². The van der Waals surface area contributed by atoms with Crippen LogP contribution in [-0.4, -0.2) is 42.2 Å². The molecule has 1 saturated heterocycles. The van der Waals surface area contributed by atoms with Crippen molar-refractivity contribution in [1.82, 2.24) is 5.32 Å². The Balaban J connectivity index is 2.07. The zero-order valence-electron chi connectivity index (χ0n) is 10.00. The highest BCUT2D eigenvalue weighted by Crippen LogP contribution is 2.28. The van der Waals surface area contributed by atoms with E-state index in [1.807, 2.05) is 11.4 Å². The lowest BCUT2D eigenvalue weighted by Gasteiger charge is -2.35. The lowest BCUT2D eigenvalue weighted by Crippen LogP contribution is -3.21. The summed E-state index contributed by atoms with van der Waals surface area (Å²) in [5.74, 6) is -0.217. The van der Waals surface area contributed by atoms with Gasteiger partial charge in [-0.15, -0.1) is 11.3 Å². The Morgan fingerprint density at radius 3 is 2.63 bits per heavy atom. The molecule has 0 spiro atoms. The van der Waals surface area contributed by atoms with Crippen LogP contribution in [0.3, 0.4) is 0 Å². The maximum absolute atomic E-state index is 12.1. The molecule has 19 heavy (non-hydrogen) atoms.